The largest absolute Gasteiger partial charge is 0.459 e. The summed E-state index contributed by atoms with van der Waals surface area (Å²) in [5, 5.41) is 0.577. The smallest absolute Gasteiger partial charge is 0.342 e. The van der Waals surface area contributed by atoms with Gasteiger partial charge in [-0.25, -0.2) is 4.79 Å². The van der Waals surface area contributed by atoms with Gasteiger partial charge < -0.3 is 10.5 Å². The van der Waals surface area contributed by atoms with Crippen LogP contribution in [0.15, 0.2) is 18.2 Å². The first kappa shape index (κ1) is 18.0. The fraction of sp³-hybridized carbons (Fsp3) is 0.476. The Kier molecular flexibility index (Phi) is 5.48. The lowest BCUT2D eigenvalue weighted by molar-refractivity contribution is 0.0213. The van der Waals surface area contributed by atoms with Crippen molar-refractivity contribution in [1.82, 2.24) is 0 Å². The minimum atomic E-state index is -0.254. The average Bonchev–Trinajstić information content (AvgIpc) is 2.92. The maximum Gasteiger partial charge on any atom is 0.342 e. The van der Waals surface area contributed by atoms with Gasteiger partial charge >= 0.3 is 5.97 Å². The molecule has 2 N–H and O–H groups in total. The third-order valence-electron chi connectivity index (χ3n) is 5.01. The second-order valence-electron chi connectivity index (χ2n) is 6.98. The van der Waals surface area contributed by atoms with Crippen LogP contribution in [-0.2, 0) is 11.2 Å². The molecule has 3 nitrogen and oxygen atoms in total. The van der Waals surface area contributed by atoms with Crippen molar-refractivity contribution in [2.75, 3.05) is 5.73 Å². The van der Waals surface area contributed by atoms with Crippen LogP contribution in [0.2, 0.25) is 0 Å². The summed E-state index contributed by atoms with van der Waals surface area (Å²) >= 11 is 1.52. The molecule has 1 fully saturated rings. The zero-order valence-electron chi connectivity index (χ0n) is 15.4. The standard InChI is InChI=1S/C21H27NO2S/c1-4-17-18(16-11-10-13(2)12-14(16)3)19(20(22)25-17)21(23)24-15-8-6-5-7-9-15/h10-12,15H,4-9,22H2,1-3H3. The lowest BCUT2D eigenvalue weighted by Gasteiger charge is -2.22. The van der Waals surface area contributed by atoms with E-state index in [9.17, 15) is 4.79 Å². The fourth-order valence-electron chi connectivity index (χ4n) is 3.72. The van der Waals surface area contributed by atoms with Crippen molar-refractivity contribution in [3.8, 4) is 11.1 Å². The number of benzene rings is 1. The molecule has 0 aliphatic heterocycles. The number of aryl methyl sites for hydroxylation is 3. The van der Waals surface area contributed by atoms with Gasteiger partial charge in [-0.2, -0.15) is 0 Å². The summed E-state index contributed by atoms with van der Waals surface area (Å²) in [6, 6.07) is 6.34. The minimum Gasteiger partial charge on any atom is -0.459 e. The summed E-state index contributed by atoms with van der Waals surface area (Å²) in [6.45, 7) is 6.28. The lowest BCUT2D eigenvalue weighted by Crippen LogP contribution is -2.21. The van der Waals surface area contributed by atoms with Gasteiger partial charge in [0.1, 0.15) is 16.7 Å². The van der Waals surface area contributed by atoms with Crippen LogP contribution in [0.5, 0.6) is 0 Å². The van der Waals surface area contributed by atoms with Crippen molar-refractivity contribution < 1.29 is 9.53 Å². The second-order valence-corrected chi connectivity index (χ2v) is 8.11. The number of thiophene rings is 1. The van der Waals surface area contributed by atoms with E-state index in [1.807, 2.05) is 0 Å². The van der Waals surface area contributed by atoms with Crippen molar-refractivity contribution >= 4 is 22.3 Å². The molecule has 0 atom stereocenters. The Balaban J connectivity index is 2.01. The highest BCUT2D eigenvalue weighted by molar-refractivity contribution is 7.17. The summed E-state index contributed by atoms with van der Waals surface area (Å²) in [5.74, 6) is -0.254. The van der Waals surface area contributed by atoms with Crippen molar-refractivity contribution in [3.63, 3.8) is 0 Å². The van der Waals surface area contributed by atoms with E-state index in [2.05, 4.69) is 39.0 Å². The Labute approximate surface area is 154 Å². The summed E-state index contributed by atoms with van der Waals surface area (Å²) < 4.78 is 5.83. The van der Waals surface area contributed by atoms with Gasteiger partial charge in [0.2, 0.25) is 0 Å². The maximum absolute atomic E-state index is 12.9. The molecule has 2 aromatic rings. The first-order valence-electron chi connectivity index (χ1n) is 9.21. The highest BCUT2D eigenvalue weighted by Gasteiger charge is 2.27. The summed E-state index contributed by atoms with van der Waals surface area (Å²) in [5.41, 5.74) is 11.3. The summed E-state index contributed by atoms with van der Waals surface area (Å²) in [4.78, 5) is 14.1. The zero-order chi connectivity index (χ0) is 18.0. The predicted octanol–water partition coefficient (Wildman–Crippen LogP) is 5.67. The number of ether oxygens (including phenoxy) is 1. The molecule has 0 unspecified atom stereocenters. The number of nitrogens with two attached hydrogens (primary N) is 1. The Morgan fingerprint density at radius 1 is 1.24 bits per heavy atom. The quantitative estimate of drug-likeness (QED) is 0.718. The molecule has 1 aliphatic rings. The van der Waals surface area contributed by atoms with Crippen LogP contribution < -0.4 is 5.73 Å². The Morgan fingerprint density at radius 3 is 2.60 bits per heavy atom. The molecule has 0 spiro atoms. The highest BCUT2D eigenvalue weighted by Crippen LogP contribution is 2.41. The van der Waals surface area contributed by atoms with Crippen LogP contribution in [-0.4, -0.2) is 12.1 Å². The number of hydrogen-bond acceptors (Lipinski definition) is 4. The molecule has 3 rings (SSSR count). The molecule has 1 heterocycles. The van der Waals surface area contributed by atoms with E-state index in [1.54, 1.807) is 0 Å². The molecule has 1 aromatic carbocycles. The van der Waals surface area contributed by atoms with E-state index < -0.39 is 0 Å². The number of anilines is 1. The maximum atomic E-state index is 12.9. The molecular weight excluding hydrogens is 330 g/mol. The van der Waals surface area contributed by atoms with E-state index in [0.717, 1.165) is 48.1 Å². The van der Waals surface area contributed by atoms with Crippen LogP contribution in [0.3, 0.4) is 0 Å². The van der Waals surface area contributed by atoms with Crippen LogP contribution in [0.25, 0.3) is 11.1 Å². The number of carbonyl (C=O) groups excluding carboxylic acids is 1. The van der Waals surface area contributed by atoms with E-state index in [0.29, 0.717) is 10.6 Å². The van der Waals surface area contributed by atoms with Gasteiger partial charge in [-0.3, -0.25) is 0 Å². The third-order valence-corrected chi connectivity index (χ3v) is 6.17. The number of nitrogen functional groups attached to an aromatic ring is 1. The second kappa shape index (κ2) is 7.61. The topological polar surface area (TPSA) is 52.3 Å². The first-order valence-corrected chi connectivity index (χ1v) is 10.0. The van der Waals surface area contributed by atoms with E-state index in [-0.39, 0.29) is 12.1 Å². The summed E-state index contributed by atoms with van der Waals surface area (Å²) in [6.07, 6.45) is 6.35. The van der Waals surface area contributed by atoms with Crippen LogP contribution in [0.1, 0.15) is 65.4 Å². The van der Waals surface area contributed by atoms with Crippen molar-refractivity contribution in [2.45, 2.75) is 65.4 Å². The van der Waals surface area contributed by atoms with E-state index >= 15 is 0 Å². The molecule has 4 heteroatoms. The average molecular weight is 358 g/mol. The van der Waals surface area contributed by atoms with Gasteiger partial charge in [-0.05, 0) is 57.1 Å². The van der Waals surface area contributed by atoms with Crippen molar-refractivity contribution in [3.05, 3.63) is 39.8 Å². The molecule has 1 aromatic heterocycles. The van der Waals surface area contributed by atoms with Crippen LogP contribution in [0.4, 0.5) is 5.00 Å². The molecule has 0 radical (unpaired) electrons. The Morgan fingerprint density at radius 2 is 1.96 bits per heavy atom. The SMILES string of the molecule is CCc1sc(N)c(C(=O)OC2CCCCC2)c1-c1ccc(C)cc1C. The summed E-state index contributed by atoms with van der Waals surface area (Å²) in [7, 11) is 0. The Bertz CT molecular complexity index is 772. The number of hydrogen-bond donors (Lipinski definition) is 1. The van der Waals surface area contributed by atoms with Crippen molar-refractivity contribution in [2.24, 2.45) is 0 Å². The van der Waals surface area contributed by atoms with Gasteiger partial charge in [-0.15, -0.1) is 11.3 Å². The number of esters is 1. The molecule has 0 saturated heterocycles. The number of carbonyl (C=O) groups is 1. The Hall–Kier alpha value is -1.81. The predicted molar refractivity (Wildman–Crippen MR) is 105 cm³/mol. The normalized spacial score (nSPS) is 15.3. The van der Waals surface area contributed by atoms with Gasteiger partial charge in [0, 0.05) is 10.4 Å². The van der Waals surface area contributed by atoms with Crippen molar-refractivity contribution in [1.29, 1.82) is 0 Å². The van der Waals surface area contributed by atoms with Gasteiger partial charge in [-0.1, -0.05) is 37.1 Å². The minimum absolute atomic E-state index is 0.0394. The van der Waals surface area contributed by atoms with Gasteiger partial charge in [0.15, 0.2) is 0 Å². The molecule has 134 valence electrons. The fourth-order valence-corrected chi connectivity index (χ4v) is 4.73. The molecule has 1 saturated carbocycles. The number of rotatable bonds is 4. The van der Waals surface area contributed by atoms with E-state index in [4.69, 9.17) is 10.5 Å². The van der Waals surface area contributed by atoms with E-state index in [1.165, 1.54) is 28.9 Å². The molecule has 1 aliphatic carbocycles. The molecule has 0 amide bonds. The third kappa shape index (κ3) is 3.74. The van der Waals surface area contributed by atoms with Gasteiger partial charge in [0.05, 0.1) is 0 Å². The van der Waals surface area contributed by atoms with Crippen LogP contribution in [0, 0.1) is 13.8 Å². The van der Waals surface area contributed by atoms with Crippen LogP contribution >= 0.6 is 11.3 Å². The lowest BCUT2D eigenvalue weighted by atomic mass is 9.94. The molecule has 25 heavy (non-hydrogen) atoms. The first-order chi connectivity index (χ1) is 12.0. The van der Waals surface area contributed by atoms with Gasteiger partial charge in [0.25, 0.3) is 0 Å². The molecule has 0 bridgehead atoms. The zero-order valence-corrected chi connectivity index (χ0v) is 16.2. The monoisotopic (exact) mass is 357 g/mol. The highest BCUT2D eigenvalue weighted by atomic mass is 32.1. The molecular formula is C21H27NO2S.